The molecule has 2 N–H and O–H groups in total. The molecule has 1 aliphatic heterocycles. The van der Waals surface area contributed by atoms with E-state index in [1.54, 1.807) is 31.4 Å². The van der Waals surface area contributed by atoms with E-state index in [2.05, 4.69) is 10.2 Å². The SMILES string of the molecule is COc1ccc(C(=O)CCCCCC(=O)N[C@H](CN(CC2CC2)CC2CC2)[C@H](O)c2ccc3c(c2)OCCO3)cc1. The molecule has 2 aromatic carbocycles. The topological polar surface area (TPSA) is 97.3 Å². The molecule has 2 fully saturated rings. The van der Waals surface area contributed by atoms with Crippen molar-refractivity contribution in [3.05, 3.63) is 53.6 Å². The predicted octanol–water partition coefficient (Wildman–Crippen LogP) is 4.94. The molecular weight excluding hydrogens is 520 g/mol. The fourth-order valence-corrected chi connectivity index (χ4v) is 5.48. The zero-order valence-electron chi connectivity index (χ0n) is 24.2. The van der Waals surface area contributed by atoms with Gasteiger partial charge in [-0.3, -0.25) is 9.59 Å². The summed E-state index contributed by atoms with van der Waals surface area (Å²) < 4.78 is 16.6. The van der Waals surface area contributed by atoms with E-state index in [4.69, 9.17) is 14.2 Å². The first-order chi connectivity index (χ1) is 20.0. The van der Waals surface area contributed by atoms with Crippen LogP contribution >= 0.6 is 0 Å². The number of ether oxygens (including phenoxy) is 3. The Morgan fingerprint density at radius 2 is 1.59 bits per heavy atom. The van der Waals surface area contributed by atoms with Crippen molar-refractivity contribution in [2.45, 2.75) is 69.9 Å². The van der Waals surface area contributed by atoms with Crippen molar-refractivity contribution >= 4 is 11.7 Å². The summed E-state index contributed by atoms with van der Waals surface area (Å²) in [6.07, 6.45) is 7.25. The van der Waals surface area contributed by atoms with Gasteiger partial charge in [0.05, 0.1) is 13.2 Å². The molecule has 1 amide bonds. The van der Waals surface area contributed by atoms with E-state index < -0.39 is 12.1 Å². The van der Waals surface area contributed by atoms with Gasteiger partial charge in [0.25, 0.3) is 0 Å². The maximum Gasteiger partial charge on any atom is 0.220 e. The lowest BCUT2D eigenvalue weighted by molar-refractivity contribution is -0.123. The molecule has 41 heavy (non-hydrogen) atoms. The average molecular weight is 565 g/mol. The molecule has 2 atom stereocenters. The maximum atomic E-state index is 13.1. The lowest BCUT2D eigenvalue weighted by atomic mass is 10.00. The molecule has 2 aliphatic carbocycles. The lowest BCUT2D eigenvalue weighted by Gasteiger charge is -2.32. The van der Waals surface area contributed by atoms with Crippen molar-refractivity contribution in [1.82, 2.24) is 10.2 Å². The lowest BCUT2D eigenvalue weighted by Crippen LogP contribution is -2.48. The Hall–Kier alpha value is -3.10. The van der Waals surface area contributed by atoms with Gasteiger partial charge in [-0.15, -0.1) is 0 Å². The van der Waals surface area contributed by atoms with Gasteiger partial charge in [-0.2, -0.15) is 0 Å². The maximum absolute atomic E-state index is 13.1. The van der Waals surface area contributed by atoms with Crippen LogP contribution in [0.4, 0.5) is 0 Å². The fourth-order valence-electron chi connectivity index (χ4n) is 5.48. The molecule has 0 bridgehead atoms. The Labute approximate surface area is 243 Å². The third-order valence-corrected chi connectivity index (χ3v) is 8.24. The Morgan fingerprint density at radius 1 is 0.927 bits per heavy atom. The van der Waals surface area contributed by atoms with Gasteiger partial charge < -0.3 is 29.5 Å². The van der Waals surface area contributed by atoms with Crippen LogP contribution in [0, 0.1) is 11.8 Å². The molecule has 2 aromatic rings. The minimum Gasteiger partial charge on any atom is -0.497 e. The molecule has 8 heteroatoms. The Balaban J connectivity index is 1.14. The van der Waals surface area contributed by atoms with Crippen LogP contribution in [0.3, 0.4) is 0 Å². The summed E-state index contributed by atoms with van der Waals surface area (Å²) in [7, 11) is 1.60. The third-order valence-electron chi connectivity index (χ3n) is 8.24. The summed E-state index contributed by atoms with van der Waals surface area (Å²) in [5, 5.41) is 14.7. The van der Waals surface area contributed by atoms with Crippen LogP contribution < -0.4 is 19.5 Å². The van der Waals surface area contributed by atoms with Crippen LogP contribution in [0.1, 0.15) is 79.8 Å². The number of ketones is 1. The molecule has 0 saturated heterocycles. The van der Waals surface area contributed by atoms with Crippen molar-refractivity contribution in [3.8, 4) is 17.2 Å². The second-order valence-electron chi connectivity index (χ2n) is 11.8. The number of aliphatic hydroxyl groups is 1. The Kier molecular flexibility index (Phi) is 10.2. The quantitative estimate of drug-likeness (QED) is 0.208. The van der Waals surface area contributed by atoms with Crippen LogP contribution in [-0.2, 0) is 4.79 Å². The summed E-state index contributed by atoms with van der Waals surface area (Å²) in [6.45, 7) is 3.66. The minimum atomic E-state index is -0.863. The Morgan fingerprint density at radius 3 is 2.24 bits per heavy atom. The van der Waals surface area contributed by atoms with Gasteiger partial charge in [0.1, 0.15) is 25.1 Å². The first-order valence-electron chi connectivity index (χ1n) is 15.2. The second kappa shape index (κ2) is 14.2. The normalized spacial score (nSPS) is 17.6. The number of unbranched alkanes of at least 4 members (excludes halogenated alkanes) is 2. The summed E-state index contributed by atoms with van der Waals surface area (Å²) in [5.74, 6) is 3.55. The van der Waals surface area contributed by atoms with Gasteiger partial charge in [0.2, 0.25) is 5.91 Å². The van der Waals surface area contributed by atoms with Gasteiger partial charge in [-0.25, -0.2) is 0 Å². The summed E-state index contributed by atoms with van der Waals surface area (Å²) >= 11 is 0. The van der Waals surface area contributed by atoms with E-state index in [-0.39, 0.29) is 11.7 Å². The van der Waals surface area contributed by atoms with Crippen molar-refractivity contribution in [2.75, 3.05) is 40.0 Å². The number of fused-ring (bicyclic) bond motifs is 1. The number of nitrogens with one attached hydrogen (secondary N) is 1. The molecule has 1 heterocycles. The molecule has 0 spiro atoms. The van der Waals surface area contributed by atoms with E-state index in [1.807, 2.05) is 18.2 Å². The smallest absolute Gasteiger partial charge is 0.220 e. The van der Waals surface area contributed by atoms with E-state index in [9.17, 15) is 14.7 Å². The highest BCUT2D eigenvalue weighted by Crippen LogP contribution is 2.36. The standard InChI is InChI=1S/C33H44N2O6/c1-39-27-14-11-25(12-15-27)29(36)5-3-2-4-6-32(37)34-28(22-35(20-23-7-8-23)21-24-9-10-24)33(38)26-13-16-30-31(19-26)41-18-17-40-30/h11-16,19,23-24,28,33,38H,2-10,17-18,20-22H2,1H3,(H,34,37)/t28-,33-/m1/s1. The number of hydrogen-bond donors (Lipinski definition) is 2. The first-order valence-corrected chi connectivity index (χ1v) is 15.2. The van der Waals surface area contributed by atoms with Gasteiger partial charge in [0.15, 0.2) is 17.3 Å². The van der Waals surface area contributed by atoms with Crippen molar-refractivity contribution in [1.29, 1.82) is 0 Å². The number of nitrogens with zero attached hydrogens (tertiary/aromatic N) is 1. The number of carbonyl (C=O) groups is 2. The summed E-state index contributed by atoms with van der Waals surface area (Å²) in [5.41, 5.74) is 1.40. The number of aliphatic hydroxyl groups excluding tert-OH is 1. The van der Waals surface area contributed by atoms with E-state index in [0.29, 0.717) is 56.1 Å². The molecule has 5 rings (SSSR count). The van der Waals surface area contributed by atoms with E-state index in [0.717, 1.165) is 49.1 Å². The summed E-state index contributed by atoms with van der Waals surface area (Å²) in [6, 6.07) is 12.3. The van der Waals surface area contributed by atoms with Crippen LogP contribution in [0.15, 0.2) is 42.5 Å². The zero-order chi connectivity index (χ0) is 28.6. The predicted molar refractivity (Wildman–Crippen MR) is 157 cm³/mol. The molecule has 2 saturated carbocycles. The largest absolute Gasteiger partial charge is 0.497 e. The molecular formula is C33H44N2O6. The van der Waals surface area contributed by atoms with Crippen LogP contribution in [0.2, 0.25) is 0 Å². The number of carbonyl (C=O) groups excluding carboxylic acids is 2. The molecule has 0 aromatic heterocycles. The fraction of sp³-hybridized carbons (Fsp3) is 0.576. The molecule has 3 aliphatic rings. The van der Waals surface area contributed by atoms with Crippen molar-refractivity contribution < 1.29 is 28.9 Å². The van der Waals surface area contributed by atoms with Crippen LogP contribution in [0.25, 0.3) is 0 Å². The number of hydrogen-bond acceptors (Lipinski definition) is 7. The van der Waals surface area contributed by atoms with Crippen molar-refractivity contribution in [2.24, 2.45) is 11.8 Å². The number of rotatable bonds is 17. The first kappa shape index (κ1) is 29.4. The number of Topliss-reactive ketones (excluding diaryl/α,β-unsaturated/α-hetero) is 1. The van der Waals surface area contributed by atoms with Gasteiger partial charge in [0, 0.05) is 38.0 Å². The number of benzene rings is 2. The number of methoxy groups -OCH3 is 1. The Bertz CT molecular complexity index is 1150. The van der Waals surface area contributed by atoms with Gasteiger partial charge in [-0.1, -0.05) is 12.5 Å². The highest BCUT2D eigenvalue weighted by molar-refractivity contribution is 5.96. The van der Waals surface area contributed by atoms with Crippen LogP contribution in [-0.4, -0.2) is 67.7 Å². The van der Waals surface area contributed by atoms with Crippen molar-refractivity contribution in [3.63, 3.8) is 0 Å². The van der Waals surface area contributed by atoms with Crippen LogP contribution in [0.5, 0.6) is 17.2 Å². The van der Waals surface area contributed by atoms with E-state index in [1.165, 1.54) is 25.7 Å². The molecule has 0 unspecified atom stereocenters. The van der Waals surface area contributed by atoms with Gasteiger partial charge >= 0.3 is 0 Å². The highest BCUT2D eigenvalue weighted by atomic mass is 16.6. The highest BCUT2D eigenvalue weighted by Gasteiger charge is 2.33. The zero-order valence-corrected chi connectivity index (χ0v) is 24.2. The second-order valence-corrected chi connectivity index (χ2v) is 11.8. The van der Waals surface area contributed by atoms with Gasteiger partial charge in [-0.05, 0) is 92.3 Å². The molecule has 222 valence electrons. The minimum absolute atomic E-state index is 0.0640. The molecule has 8 nitrogen and oxygen atoms in total. The number of amides is 1. The van der Waals surface area contributed by atoms with E-state index >= 15 is 0 Å². The molecule has 0 radical (unpaired) electrons. The third kappa shape index (κ3) is 8.94. The average Bonchev–Trinajstić information content (AvgIpc) is 3.94. The monoisotopic (exact) mass is 564 g/mol. The summed E-state index contributed by atoms with van der Waals surface area (Å²) in [4.78, 5) is 28.0.